The van der Waals surface area contributed by atoms with Gasteiger partial charge in [0.05, 0.1) is 6.54 Å². The molecule has 0 saturated carbocycles. The number of carbonyl (C=O) groups is 2. The van der Waals surface area contributed by atoms with Crippen molar-refractivity contribution in [2.75, 3.05) is 19.7 Å². The average Bonchev–Trinajstić information content (AvgIpc) is 2.38. The summed E-state index contributed by atoms with van der Waals surface area (Å²) in [5.41, 5.74) is 2.24. The van der Waals surface area contributed by atoms with Gasteiger partial charge in [-0.25, -0.2) is 4.79 Å². The lowest BCUT2D eigenvalue weighted by atomic mass is 10.1. The number of imide groups is 1. The van der Waals surface area contributed by atoms with E-state index in [1.54, 1.807) is 0 Å². The predicted octanol–water partition coefficient (Wildman–Crippen LogP) is 1.62. The fourth-order valence-electron chi connectivity index (χ4n) is 1.97. The van der Waals surface area contributed by atoms with Crippen molar-refractivity contribution in [3.05, 3.63) is 29.3 Å². The molecule has 0 atom stereocenters. The van der Waals surface area contributed by atoms with E-state index in [1.807, 2.05) is 32.0 Å². The van der Waals surface area contributed by atoms with Gasteiger partial charge in [0, 0.05) is 13.0 Å². The van der Waals surface area contributed by atoms with Gasteiger partial charge in [-0.2, -0.15) is 0 Å². The monoisotopic (exact) mass is 262 g/mol. The first kappa shape index (κ1) is 13.4. The number of urea groups is 1. The van der Waals surface area contributed by atoms with Gasteiger partial charge >= 0.3 is 6.03 Å². The summed E-state index contributed by atoms with van der Waals surface area (Å²) in [5, 5.41) is 2.64. The number of ether oxygens (including phenoxy) is 1. The molecule has 0 aromatic heterocycles. The van der Waals surface area contributed by atoms with Crippen LogP contribution in [-0.2, 0) is 4.79 Å². The molecule has 1 N–H and O–H groups in total. The fraction of sp³-hybridized carbons (Fsp3) is 0.429. The molecule has 1 aliphatic rings. The van der Waals surface area contributed by atoms with Crippen LogP contribution in [0.1, 0.15) is 17.5 Å². The Bertz CT molecular complexity index is 483. The van der Waals surface area contributed by atoms with Gasteiger partial charge in [0.1, 0.15) is 12.4 Å². The van der Waals surface area contributed by atoms with Crippen LogP contribution in [0.5, 0.6) is 5.75 Å². The Morgan fingerprint density at radius 2 is 2.11 bits per heavy atom. The van der Waals surface area contributed by atoms with E-state index >= 15 is 0 Å². The highest BCUT2D eigenvalue weighted by Gasteiger charge is 2.25. The summed E-state index contributed by atoms with van der Waals surface area (Å²) >= 11 is 0. The van der Waals surface area contributed by atoms with Crippen molar-refractivity contribution in [3.63, 3.8) is 0 Å². The van der Waals surface area contributed by atoms with E-state index < -0.39 is 0 Å². The number of hydrogen-bond donors (Lipinski definition) is 1. The molecule has 19 heavy (non-hydrogen) atoms. The quantitative estimate of drug-likeness (QED) is 0.897. The molecule has 1 fully saturated rings. The first-order valence-electron chi connectivity index (χ1n) is 6.37. The number of benzene rings is 1. The number of carbonyl (C=O) groups excluding carboxylic acids is 2. The van der Waals surface area contributed by atoms with Crippen LogP contribution >= 0.6 is 0 Å². The highest BCUT2D eigenvalue weighted by atomic mass is 16.5. The van der Waals surface area contributed by atoms with Gasteiger partial charge in [0.15, 0.2) is 0 Å². The molecule has 1 saturated heterocycles. The van der Waals surface area contributed by atoms with E-state index in [-0.39, 0.29) is 18.5 Å². The number of nitrogens with zero attached hydrogens (tertiary/aromatic N) is 1. The lowest BCUT2D eigenvalue weighted by Gasteiger charge is -2.25. The summed E-state index contributed by atoms with van der Waals surface area (Å²) in [6, 6.07) is 5.50. The molecule has 0 aliphatic carbocycles. The van der Waals surface area contributed by atoms with Crippen LogP contribution in [0.3, 0.4) is 0 Å². The van der Waals surface area contributed by atoms with Crippen LogP contribution < -0.4 is 10.1 Å². The predicted molar refractivity (Wildman–Crippen MR) is 71.1 cm³/mol. The van der Waals surface area contributed by atoms with E-state index in [4.69, 9.17) is 4.74 Å². The molecule has 0 spiro atoms. The Balaban J connectivity index is 1.91. The Morgan fingerprint density at radius 3 is 2.84 bits per heavy atom. The zero-order chi connectivity index (χ0) is 13.8. The molecule has 0 bridgehead atoms. The van der Waals surface area contributed by atoms with Crippen molar-refractivity contribution in [1.29, 1.82) is 0 Å². The maximum atomic E-state index is 11.6. The van der Waals surface area contributed by atoms with Crippen LogP contribution in [0.4, 0.5) is 4.79 Å². The SMILES string of the molecule is Cc1cccc(OCCN2C(=O)CCNC2=O)c1C. The minimum Gasteiger partial charge on any atom is -0.491 e. The Kier molecular flexibility index (Phi) is 4.04. The van der Waals surface area contributed by atoms with Crippen molar-refractivity contribution >= 4 is 11.9 Å². The smallest absolute Gasteiger partial charge is 0.324 e. The molecule has 2 rings (SSSR count). The molecule has 1 heterocycles. The van der Waals surface area contributed by atoms with Crippen LogP contribution in [-0.4, -0.2) is 36.5 Å². The zero-order valence-corrected chi connectivity index (χ0v) is 11.2. The van der Waals surface area contributed by atoms with Gasteiger partial charge in [-0.05, 0) is 31.0 Å². The molecular formula is C14H18N2O3. The first-order valence-corrected chi connectivity index (χ1v) is 6.37. The summed E-state index contributed by atoms with van der Waals surface area (Å²) in [4.78, 5) is 24.3. The number of amides is 3. The van der Waals surface area contributed by atoms with Gasteiger partial charge < -0.3 is 10.1 Å². The number of hydrogen-bond acceptors (Lipinski definition) is 3. The molecule has 1 aromatic carbocycles. The van der Waals surface area contributed by atoms with Crippen molar-refractivity contribution in [2.45, 2.75) is 20.3 Å². The van der Waals surface area contributed by atoms with E-state index in [0.29, 0.717) is 19.6 Å². The van der Waals surface area contributed by atoms with Crippen LogP contribution in [0.2, 0.25) is 0 Å². The van der Waals surface area contributed by atoms with Gasteiger partial charge in [-0.3, -0.25) is 9.69 Å². The van der Waals surface area contributed by atoms with Gasteiger partial charge in [-0.1, -0.05) is 12.1 Å². The topological polar surface area (TPSA) is 58.6 Å². The summed E-state index contributed by atoms with van der Waals surface area (Å²) in [6.45, 7) is 5.01. The molecule has 0 unspecified atom stereocenters. The van der Waals surface area contributed by atoms with Crippen LogP contribution in [0, 0.1) is 13.8 Å². The molecule has 1 aliphatic heterocycles. The third-order valence-electron chi connectivity index (χ3n) is 3.29. The minimum atomic E-state index is -0.333. The molecule has 0 radical (unpaired) electrons. The van der Waals surface area contributed by atoms with Gasteiger partial charge in [0.2, 0.25) is 5.91 Å². The highest BCUT2D eigenvalue weighted by molar-refractivity contribution is 5.96. The second kappa shape index (κ2) is 5.73. The van der Waals surface area contributed by atoms with Crippen LogP contribution in [0.15, 0.2) is 18.2 Å². The third kappa shape index (κ3) is 3.05. The first-order chi connectivity index (χ1) is 9.09. The van der Waals surface area contributed by atoms with Crippen molar-refractivity contribution < 1.29 is 14.3 Å². The Labute approximate surface area is 112 Å². The zero-order valence-electron chi connectivity index (χ0n) is 11.2. The highest BCUT2D eigenvalue weighted by Crippen LogP contribution is 2.20. The van der Waals surface area contributed by atoms with Crippen molar-refractivity contribution in [1.82, 2.24) is 10.2 Å². The Morgan fingerprint density at radius 1 is 1.32 bits per heavy atom. The third-order valence-corrected chi connectivity index (χ3v) is 3.29. The Hall–Kier alpha value is -2.04. The number of rotatable bonds is 4. The maximum absolute atomic E-state index is 11.6. The van der Waals surface area contributed by atoms with Crippen molar-refractivity contribution in [2.24, 2.45) is 0 Å². The van der Waals surface area contributed by atoms with E-state index in [9.17, 15) is 9.59 Å². The van der Waals surface area contributed by atoms with E-state index in [0.717, 1.165) is 16.9 Å². The number of nitrogens with one attached hydrogen (secondary N) is 1. The second-order valence-electron chi connectivity index (χ2n) is 4.57. The summed E-state index contributed by atoms with van der Waals surface area (Å²) in [5.74, 6) is 0.651. The molecule has 5 nitrogen and oxygen atoms in total. The average molecular weight is 262 g/mol. The second-order valence-corrected chi connectivity index (χ2v) is 4.57. The fourth-order valence-corrected chi connectivity index (χ4v) is 1.97. The molecule has 1 aromatic rings. The molecule has 102 valence electrons. The van der Waals surface area contributed by atoms with Gasteiger partial charge in [0.25, 0.3) is 0 Å². The normalized spacial score (nSPS) is 15.4. The molecule has 3 amide bonds. The maximum Gasteiger partial charge on any atom is 0.324 e. The van der Waals surface area contributed by atoms with Crippen molar-refractivity contribution in [3.8, 4) is 5.75 Å². The standard InChI is InChI=1S/C14H18N2O3/c1-10-4-3-5-12(11(10)2)19-9-8-16-13(17)6-7-15-14(16)18/h3-5H,6-9H2,1-2H3,(H,15,18). The molecule has 5 heteroatoms. The van der Waals surface area contributed by atoms with Gasteiger partial charge in [-0.15, -0.1) is 0 Å². The van der Waals surface area contributed by atoms with E-state index in [2.05, 4.69) is 5.32 Å². The lowest BCUT2D eigenvalue weighted by molar-refractivity contribution is -0.129. The van der Waals surface area contributed by atoms with E-state index in [1.165, 1.54) is 4.90 Å². The largest absolute Gasteiger partial charge is 0.491 e. The summed E-state index contributed by atoms with van der Waals surface area (Å²) in [6.07, 6.45) is 0.356. The summed E-state index contributed by atoms with van der Waals surface area (Å²) in [7, 11) is 0. The number of aryl methyl sites for hydroxylation is 1. The minimum absolute atomic E-state index is 0.145. The summed E-state index contributed by atoms with van der Waals surface area (Å²) < 4.78 is 5.64. The molecular weight excluding hydrogens is 244 g/mol. The lowest BCUT2D eigenvalue weighted by Crippen LogP contribution is -2.51. The van der Waals surface area contributed by atoms with Crippen LogP contribution in [0.25, 0.3) is 0 Å².